The van der Waals surface area contributed by atoms with E-state index < -0.39 is 0 Å². The third-order valence-corrected chi connectivity index (χ3v) is 1.79. The summed E-state index contributed by atoms with van der Waals surface area (Å²) in [5.74, 6) is 0. The third-order valence-electron chi connectivity index (χ3n) is 1.79. The fraction of sp³-hybridized carbons (Fsp3) is 1.00. The second-order valence-corrected chi connectivity index (χ2v) is 3.41. The van der Waals surface area contributed by atoms with E-state index in [2.05, 4.69) is 10.0 Å². The molecule has 0 aliphatic heterocycles. The molecule has 0 aliphatic rings. The van der Waals surface area contributed by atoms with E-state index in [1.807, 2.05) is 14.1 Å². The Bertz CT molecular complexity index is 163. The minimum atomic E-state index is 0.203. The first kappa shape index (κ1) is 11.2. The Labute approximate surface area is 72.8 Å². The molecule has 0 aliphatic carbocycles. The predicted molar refractivity (Wildman–Crippen MR) is 47.6 cm³/mol. The van der Waals surface area contributed by atoms with Gasteiger partial charge in [-0.25, -0.2) is 0 Å². The molecule has 70 valence electrons. The molecule has 5 heteroatoms. The molecule has 0 rings (SSSR count). The maximum atomic E-state index is 8.71. The van der Waals surface area contributed by atoms with Crippen LogP contribution in [0.15, 0.2) is 5.11 Å². The number of rotatable bonds is 6. The van der Waals surface area contributed by atoms with Gasteiger partial charge in [0, 0.05) is 17.9 Å². The lowest BCUT2D eigenvalue weighted by Gasteiger charge is -2.28. The number of hydrogen-bond acceptors (Lipinski definition) is 2. The van der Waals surface area contributed by atoms with Gasteiger partial charge in [0.1, 0.15) is 6.54 Å². The van der Waals surface area contributed by atoms with Gasteiger partial charge in [-0.3, -0.25) is 0 Å². The molecule has 0 atom stereocenters. The van der Waals surface area contributed by atoms with Crippen molar-refractivity contribution in [1.29, 1.82) is 0 Å². The number of likely N-dealkylation sites (N-methyl/N-ethyl adjacent to an activating group) is 1. The van der Waals surface area contributed by atoms with E-state index in [-0.39, 0.29) is 6.61 Å². The first-order valence-electron chi connectivity index (χ1n) is 4.06. The van der Waals surface area contributed by atoms with E-state index in [4.69, 9.17) is 10.6 Å². The zero-order valence-corrected chi connectivity index (χ0v) is 7.77. The fourth-order valence-corrected chi connectivity index (χ4v) is 0.997. The average molecular weight is 173 g/mol. The summed E-state index contributed by atoms with van der Waals surface area (Å²) in [5.41, 5.74) is 8.01. The van der Waals surface area contributed by atoms with Gasteiger partial charge in [-0.15, -0.1) is 0 Å². The molecule has 5 nitrogen and oxygen atoms in total. The second kappa shape index (κ2) is 5.83. The summed E-state index contributed by atoms with van der Waals surface area (Å²) in [6.45, 7) is 2.42. The Hall–Kier alpha value is -0.770. The number of aliphatic hydroxyl groups is 1. The van der Waals surface area contributed by atoms with Crippen molar-refractivity contribution in [2.45, 2.75) is 6.42 Å². The van der Waals surface area contributed by atoms with Crippen molar-refractivity contribution < 1.29 is 9.59 Å². The van der Waals surface area contributed by atoms with E-state index >= 15 is 0 Å². The molecule has 12 heavy (non-hydrogen) atoms. The van der Waals surface area contributed by atoms with Crippen molar-refractivity contribution in [2.75, 3.05) is 40.3 Å². The SMILES string of the molecule is C[N+](C)(CCO)CCCN=[N+]=[N-]. The van der Waals surface area contributed by atoms with E-state index in [0.29, 0.717) is 6.54 Å². The minimum absolute atomic E-state index is 0.203. The van der Waals surface area contributed by atoms with Crippen LogP contribution in [0.2, 0.25) is 0 Å². The monoisotopic (exact) mass is 173 g/mol. The number of aliphatic hydroxyl groups excluding tert-OH is 1. The van der Waals surface area contributed by atoms with Crippen LogP contribution in [0.5, 0.6) is 0 Å². The average Bonchev–Trinajstić information content (AvgIpc) is 1.98. The maximum Gasteiger partial charge on any atom is 0.102 e. The molecule has 0 spiro atoms. The molecule has 0 saturated carbocycles. The zero-order chi connectivity index (χ0) is 9.45. The van der Waals surface area contributed by atoms with Crippen LogP contribution in [0.4, 0.5) is 0 Å². The van der Waals surface area contributed by atoms with Gasteiger partial charge in [0.2, 0.25) is 0 Å². The predicted octanol–water partition coefficient (Wildman–Crippen LogP) is 0.755. The Morgan fingerprint density at radius 2 is 2.08 bits per heavy atom. The first-order valence-corrected chi connectivity index (χ1v) is 4.06. The van der Waals surface area contributed by atoms with E-state index in [1.165, 1.54) is 0 Å². The van der Waals surface area contributed by atoms with Gasteiger partial charge in [0.05, 0.1) is 27.2 Å². The van der Waals surface area contributed by atoms with E-state index in [1.54, 1.807) is 0 Å². The lowest BCUT2D eigenvalue weighted by Crippen LogP contribution is -2.42. The summed E-state index contributed by atoms with van der Waals surface area (Å²) in [4.78, 5) is 2.67. The number of nitrogens with zero attached hydrogens (tertiary/aromatic N) is 4. The molecular formula is C7H17N4O+. The largest absolute Gasteiger partial charge is 0.391 e. The highest BCUT2D eigenvalue weighted by Crippen LogP contribution is 1.98. The van der Waals surface area contributed by atoms with Crippen LogP contribution in [0.25, 0.3) is 10.4 Å². The van der Waals surface area contributed by atoms with Gasteiger partial charge in [0.25, 0.3) is 0 Å². The summed E-state index contributed by atoms with van der Waals surface area (Å²) in [6, 6.07) is 0. The van der Waals surface area contributed by atoms with Gasteiger partial charge in [-0.1, -0.05) is 5.11 Å². The highest BCUT2D eigenvalue weighted by molar-refractivity contribution is 4.46. The Balaban J connectivity index is 3.52. The van der Waals surface area contributed by atoms with Gasteiger partial charge in [-0.2, -0.15) is 0 Å². The molecule has 0 radical (unpaired) electrons. The second-order valence-electron chi connectivity index (χ2n) is 3.41. The van der Waals surface area contributed by atoms with Crippen molar-refractivity contribution in [3.05, 3.63) is 10.4 Å². The lowest BCUT2D eigenvalue weighted by atomic mass is 10.3. The molecule has 0 aromatic heterocycles. The highest BCUT2D eigenvalue weighted by Gasteiger charge is 2.12. The van der Waals surface area contributed by atoms with Crippen molar-refractivity contribution >= 4 is 0 Å². The summed E-state index contributed by atoms with van der Waals surface area (Å²) in [6.07, 6.45) is 0.872. The zero-order valence-electron chi connectivity index (χ0n) is 7.77. The molecular weight excluding hydrogens is 156 g/mol. The smallest absolute Gasteiger partial charge is 0.102 e. The van der Waals surface area contributed by atoms with Crippen molar-refractivity contribution in [2.24, 2.45) is 5.11 Å². The van der Waals surface area contributed by atoms with Crippen LogP contribution in [-0.4, -0.2) is 49.9 Å². The third kappa shape index (κ3) is 5.97. The van der Waals surface area contributed by atoms with Crippen LogP contribution in [0.1, 0.15) is 6.42 Å². The molecule has 1 N–H and O–H groups in total. The summed E-state index contributed by atoms with van der Waals surface area (Å²) in [5, 5.41) is 12.2. The topological polar surface area (TPSA) is 69.0 Å². The highest BCUT2D eigenvalue weighted by atomic mass is 16.3. The van der Waals surface area contributed by atoms with Crippen LogP contribution in [-0.2, 0) is 0 Å². The number of azide groups is 1. The van der Waals surface area contributed by atoms with Gasteiger partial charge in [-0.05, 0) is 5.53 Å². The molecule has 0 aromatic carbocycles. The quantitative estimate of drug-likeness (QED) is 0.208. The molecule has 0 fully saturated rings. The number of hydrogen-bond donors (Lipinski definition) is 1. The molecule has 0 saturated heterocycles. The standard InChI is InChI=1S/C7H17N4O/c1-11(2,6-7-12)5-3-4-9-10-8/h12H,3-7H2,1-2H3/q+1. The first-order chi connectivity index (χ1) is 5.62. The van der Waals surface area contributed by atoms with Crippen molar-refractivity contribution in [1.82, 2.24) is 0 Å². The maximum absolute atomic E-state index is 8.71. The Kier molecular flexibility index (Phi) is 5.45. The Morgan fingerprint density at radius 1 is 1.42 bits per heavy atom. The minimum Gasteiger partial charge on any atom is -0.391 e. The molecule has 0 aromatic rings. The van der Waals surface area contributed by atoms with Crippen LogP contribution in [0.3, 0.4) is 0 Å². The van der Waals surface area contributed by atoms with Gasteiger partial charge in [0.15, 0.2) is 0 Å². The van der Waals surface area contributed by atoms with E-state index in [9.17, 15) is 0 Å². The molecule has 0 unspecified atom stereocenters. The summed E-state index contributed by atoms with van der Waals surface area (Å²) >= 11 is 0. The van der Waals surface area contributed by atoms with Crippen molar-refractivity contribution in [3.8, 4) is 0 Å². The molecule has 0 amide bonds. The van der Waals surface area contributed by atoms with Crippen LogP contribution >= 0.6 is 0 Å². The van der Waals surface area contributed by atoms with Crippen LogP contribution in [0, 0.1) is 0 Å². The lowest BCUT2D eigenvalue weighted by molar-refractivity contribution is -0.890. The Morgan fingerprint density at radius 3 is 2.58 bits per heavy atom. The number of quaternary nitrogens is 1. The molecule has 0 bridgehead atoms. The fourth-order valence-electron chi connectivity index (χ4n) is 0.997. The normalized spacial score (nSPS) is 10.9. The van der Waals surface area contributed by atoms with E-state index in [0.717, 1.165) is 24.0 Å². The van der Waals surface area contributed by atoms with Crippen LogP contribution < -0.4 is 0 Å². The van der Waals surface area contributed by atoms with Gasteiger partial charge < -0.3 is 9.59 Å². The molecule has 0 heterocycles. The van der Waals surface area contributed by atoms with Gasteiger partial charge >= 0.3 is 0 Å². The summed E-state index contributed by atoms with van der Waals surface area (Å²) in [7, 11) is 4.10. The van der Waals surface area contributed by atoms with Crippen molar-refractivity contribution in [3.63, 3.8) is 0 Å². The summed E-state index contributed by atoms with van der Waals surface area (Å²) < 4.78 is 0.775.